The molecular weight excluding hydrogens is 470 g/mol. The largest absolute Gasteiger partial charge is 0.301 e. The van der Waals surface area contributed by atoms with Crippen LogP contribution in [0, 0.1) is 0 Å². The van der Waals surface area contributed by atoms with Gasteiger partial charge in [0.25, 0.3) is 0 Å². The fourth-order valence-corrected chi connectivity index (χ4v) is 5.50. The Kier molecular flexibility index (Phi) is 6.34. The molecule has 0 aliphatic carbocycles. The smallest absolute Gasteiger partial charge is 0.239 e. The van der Waals surface area contributed by atoms with Crippen molar-refractivity contribution in [2.45, 2.75) is 17.3 Å². The number of carbonyl (C=O) groups excluding carboxylic acids is 1. The second-order valence-electron chi connectivity index (χ2n) is 7.11. The number of hydrogen-bond acceptors (Lipinski definition) is 7. The van der Waals surface area contributed by atoms with Crippen molar-refractivity contribution in [3.8, 4) is 27.6 Å². The standard InChI is InChI=1S/C24H19N5OS3/c1-16(22(30)26-23-25-19(15-32-23)17-9-4-2-5-10-17)33-24-28-27-21(20-13-8-14-31-20)29(24)18-11-6-3-7-12-18/h2-16H,1H3,(H,25,26,30). The molecule has 2 aromatic carbocycles. The third-order valence-electron chi connectivity index (χ3n) is 4.84. The van der Waals surface area contributed by atoms with Crippen molar-refractivity contribution in [2.75, 3.05) is 5.32 Å². The molecule has 0 spiro atoms. The molecular formula is C24H19N5OS3. The van der Waals surface area contributed by atoms with Crippen molar-refractivity contribution in [3.63, 3.8) is 0 Å². The number of amides is 1. The SMILES string of the molecule is CC(Sc1nnc(-c2cccs2)n1-c1ccccc1)C(=O)Nc1nc(-c2ccccc2)cs1. The van der Waals surface area contributed by atoms with Crippen molar-refractivity contribution < 1.29 is 4.79 Å². The Bertz CT molecular complexity index is 1350. The molecule has 0 radical (unpaired) electrons. The first-order valence-corrected chi connectivity index (χ1v) is 12.9. The van der Waals surface area contributed by atoms with Gasteiger partial charge in [-0.3, -0.25) is 9.36 Å². The van der Waals surface area contributed by atoms with E-state index in [1.54, 1.807) is 11.3 Å². The highest BCUT2D eigenvalue weighted by molar-refractivity contribution is 8.00. The van der Waals surface area contributed by atoms with Crippen LogP contribution in [0.2, 0.25) is 0 Å². The Labute approximate surface area is 203 Å². The Morgan fingerprint density at radius 2 is 1.73 bits per heavy atom. The van der Waals surface area contributed by atoms with Gasteiger partial charge < -0.3 is 5.32 Å². The summed E-state index contributed by atoms with van der Waals surface area (Å²) in [5.74, 6) is 0.632. The summed E-state index contributed by atoms with van der Waals surface area (Å²) in [5, 5.41) is 16.6. The zero-order valence-corrected chi connectivity index (χ0v) is 20.0. The van der Waals surface area contributed by atoms with Crippen LogP contribution in [0.1, 0.15) is 6.92 Å². The van der Waals surface area contributed by atoms with E-state index in [0.29, 0.717) is 10.3 Å². The number of anilines is 1. The topological polar surface area (TPSA) is 72.7 Å². The van der Waals surface area contributed by atoms with E-state index in [2.05, 4.69) is 20.5 Å². The van der Waals surface area contributed by atoms with Crippen molar-refractivity contribution in [1.29, 1.82) is 0 Å². The maximum Gasteiger partial charge on any atom is 0.239 e. The van der Waals surface area contributed by atoms with Gasteiger partial charge in [-0.15, -0.1) is 32.9 Å². The maximum absolute atomic E-state index is 12.9. The lowest BCUT2D eigenvalue weighted by Gasteiger charge is -2.12. The van der Waals surface area contributed by atoms with Gasteiger partial charge in [0.1, 0.15) is 0 Å². The average molecular weight is 490 g/mol. The van der Waals surface area contributed by atoms with Crippen molar-refractivity contribution in [1.82, 2.24) is 19.7 Å². The van der Waals surface area contributed by atoms with E-state index in [-0.39, 0.29) is 5.91 Å². The molecule has 0 aliphatic heterocycles. The number of aromatic nitrogens is 4. The van der Waals surface area contributed by atoms with Gasteiger partial charge in [0.2, 0.25) is 5.91 Å². The normalized spacial score (nSPS) is 11.9. The van der Waals surface area contributed by atoms with Gasteiger partial charge >= 0.3 is 0 Å². The molecule has 3 heterocycles. The Morgan fingerprint density at radius 1 is 0.970 bits per heavy atom. The van der Waals surface area contributed by atoms with Gasteiger partial charge in [-0.1, -0.05) is 66.4 Å². The molecule has 9 heteroatoms. The summed E-state index contributed by atoms with van der Waals surface area (Å²) in [6, 6.07) is 23.9. The van der Waals surface area contributed by atoms with Gasteiger partial charge in [-0.05, 0) is 30.5 Å². The van der Waals surface area contributed by atoms with Gasteiger partial charge in [0.05, 0.1) is 15.8 Å². The maximum atomic E-state index is 12.9. The fourth-order valence-electron chi connectivity index (χ4n) is 3.21. The zero-order chi connectivity index (χ0) is 22.6. The van der Waals surface area contributed by atoms with Crippen molar-refractivity contribution >= 4 is 45.5 Å². The molecule has 1 N–H and O–H groups in total. The number of thiazole rings is 1. The van der Waals surface area contributed by atoms with Gasteiger partial charge in [-0.2, -0.15) is 0 Å². The zero-order valence-electron chi connectivity index (χ0n) is 17.6. The Balaban J connectivity index is 1.35. The van der Waals surface area contributed by atoms with E-state index in [1.165, 1.54) is 23.1 Å². The summed E-state index contributed by atoms with van der Waals surface area (Å²) in [4.78, 5) is 18.5. The first-order chi connectivity index (χ1) is 16.2. The van der Waals surface area contributed by atoms with E-state index in [1.807, 2.05) is 95.0 Å². The third-order valence-corrected chi connectivity index (χ3v) is 7.51. The number of nitrogens with one attached hydrogen (secondary N) is 1. The molecule has 33 heavy (non-hydrogen) atoms. The van der Waals surface area contributed by atoms with E-state index < -0.39 is 5.25 Å². The molecule has 1 amide bonds. The first-order valence-electron chi connectivity index (χ1n) is 10.2. The highest BCUT2D eigenvalue weighted by atomic mass is 32.2. The van der Waals surface area contributed by atoms with Gasteiger partial charge in [0, 0.05) is 16.6 Å². The number of para-hydroxylation sites is 1. The number of hydrogen-bond donors (Lipinski definition) is 1. The van der Waals surface area contributed by atoms with Crippen LogP contribution in [0.25, 0.3) is 27.6 Å². The lowest BCUT2D eigenvalue weighted by molar-refractivity contribution is -0.115. The molecule has 0 aliphatic rings. The minimum atomic E-state index is -0.392. The van der Waals surface area contributed by atoms with Gasteiger partial charge in [0.15, 0.2) is 16.1 Å². The minimum absolute atomic E-state index is 0.130. The second kappa shape index (κ2) is 9.70. The van der Waals surface area contributed by atoms with Crippen LogP contribution in [0.4, 0.5) is 5.13 Å². The van der Waals surface area contributed by atoms with Crippen molar-refractivity contribution in [2.24, 2.45) is 0 Å². The molecule has 164 valence electrons. The highest BCUT2D eigenvalue weighted by Gasteiger charge is 2.23. The van der Waals surface area contributed by atoms with E-state index >= 15 is 0 Å². The molecule has 5 rings (SSSR count). The van der Waals surface area contributed by atoms with E-state index in [4.69, 9.17) is 0 Å². The molecule has 0 fully saturated rings. The monoisotopic (exact) mass is 489 g/mol. The number of carbonyl (C=O) groups is 1. The number of rotatable bonds is 7. The number of thioether (sulfide) groups is 1. The van der Waals surface area contributed by atoms with Crippen LogP contribution in [0.3, 0.4) is 0 Å². The van der Waals surface area contributed by atoms with Crippen LogP contribution in [-0.2, 0) is 4.79 Å². The molecule has 0 saturated heterocycles. The number of thiophene rings is 1. The number of nitrogens with zero attached hydrogens (tertiary/aromatic N) is 4. The molecule has 1 unspecified atom stereocenters. The number of benzene rings is 2. The van der Waals surface area contributed by atoms with Crippen LogP contribution in [-0.4, -0.2) is 30.9 Å². The lowest BCUT2D eigenvalue weighted by atomic mass is 10.2. The molecule has 3 aromatic heterocycles. The van der Waals surface area contributed by atoms with Crippen LogP contribution in [0.5, 0.6) is 0 Å². The fraction of sp³-hybridized carbons (Fsp3) is 0.0833. The summed E-state index contributed by atoms with van der Waals surface area (Å²) in [6.45, 7) is 1.86. The quantitative estimate of drug-likeness (QED) is 0.274. The van der Waals surface area contributed by atoms with E-state index in [0.717, 1.165) is 27.6 Å². The molecule has 6 nitrogen and oxygen atoms in total. The highest BCUT2D eigenvalue weighted by Crippen LogP contribution is 2.32. The minimum Gasteiger partial charge on any atom is -0.301 e. The van der Waals surface area contributed by atoms with Crippen LogP contribution >= 0.6 is 34.4 Å². The average Bonchev–Trinajstić information content (AvgIpc) is 3.61. The van der Waals surface area contributed by atoms with E-state index in [9.17, 15) is 4.79 Å². The first kappa shape index (κ1) is 21.6. The van der Waals surface area contributed by atoms with Crippen LogP contribution < -0.4 is 5.32 Å². The summed E-state index contributed by atoms with van der Waals surface area (Å²) in [6.07, 6.45) is 0. The third kappa shape index (κ3) is 4.75. The Morgan fingerprint density at radius 3 is 2.45 bits per heavy atom. The summed E-state index contributed by atoms with van der Waals surface area (Å²) < 4.78 is 2.00. The van der Waals surface area contributed by atoms with Crippen LogP contribution in [0.15, 0.2) is 88.7 Å². The summed E-state index contributed by atoms with van der Waals surface area (Å²) in [5.41, 5.74) is 2.82. The molecule has 0 saturated carbocycles. The Hall–Kier alpha value is -3.27. The predicted molar refractivity (Wildman–Crippen MR) is 136 cm³/mol. The molecule has 1 atom stereocenters. The summed E-state index contributed by atoms with van der Waals surface area (Å²) >= 11 is 4.39. The summed E-state index contributed by atoms with van der Waals surface area (Å²) in [7, 11) is 0. The second-order valence-corrected chi connectivity index (χ2v) is 10.2. The lowest BCUT2D eigenvalue weighted by Crippen LogP contribution is -2.22. The molecule has 0 bridgehead atoms. The van der Waals surface area contributed by atoms with Gasteiger partial charge in [-0.25, -0.2) is 4.98 Å². The predicted octanol–water partition coefficient (Wildman–Crippen LogP) is 6.24. The molecule has 5 aromatic rings. The van der Waals surface area contributed by atoms with Crippen molar-refractivity contribution in [3.05, 3.63) is 83.6 Å².